The fourth-order valence-corrected chi connectivity index (χ4v) is 5.18. The summed E-state index contributed by atoms with van der Waals surface area (Å²) in [5.41, 5.74) is -0.844. The van der Waals surface area contributed by atoms with Gasteiger partial charge in [-0.1, -0.05) is 23.2 Å². The van der Waals surface area contributed by atoms with Crippen LogP contribution in [0.4, 0.5) is 18.9 Å². The molecule has 0 unspecified atom stereocenters. The first-order chi connectivity index (χ1) is 15.9. The number of alkyl halides is 3. The Hall–Kier alpha value is -2.47. The number of ether oxygens (including phenoxy) is 1. The maximum Gasteiger partial charge on any atom is 0.417 e. The SMILES string of the molecule is CN1CC[C@@H](Oc2cc(NS(=O)(=O)c3cccn3-c3ncc(C(F)(F)F)cc3Cl)ccc2Cl)C1. The molecule has 0 radical (unpaired) electrons. The number of nitrogens with zero attached hydrogens (tertiary/aromatic N) is 3. The van der Waals surface area contributed by atoms with E-state index in [1.54, 1.807) is 0 Å². The van der Waals surface area contributed by atoms with E-state index < -0.39 is 21.8 Å². The van der Waals surface area contributed by atoms with E-state index in [9.17, 15) is 21.6 Å². The van der Waals surface area contributed by atoms with Crippen molar-refractivity contribution in [3.8, 4) is 11.6 Å². The van der Waals surface area contributed by atoms with Crippen molar-refractivity contribution < 1.29 is 26.3 Å². The third-order valence-corrected chi connectivity index (χ3v) is 7.17. The molecule has 1 aliphatic rings. The van der Waals surface area contributed by atoms with E-state index in [-0.39, 0.29) is 27.7 Å². The van der Waals surface area contributed by atoms with Gasteiger partial charge in [-0.2, -0.15) is 21.6 Å². The monoisotopic (exact) mass is 534 g/mol. The molecule has 1 aliphatic heterocycles. The number of likely N-dealkylation sites (tertiary alicyclic amines) is 1. The van der Waals surface area contributed by atoms with Crippen LogP contribution in [0.3, 0.4) is 0 Å². The number of likely N-dealkylation sites (N-methyl/N-ethyl adjacent to an activating group) is 1. The van der Waals surface area contributed by atoms with Gasteiger partial charge in [-0.25, -0.2) is 4.98 Å². The van der Waals surface area contributed by atoms with Crippen molar-refractivity contribution in [3.63, 3.8) is 0 Å². The average molecular weight is 535 g/mol. The Balaban J connectivity index is 1.60. The summed E-state index contributed by atoms with van der Waals surface area (Å²) in [5.74, 6) is 0.176. The molecule has 0 spiro atoms. The topological polar surface area (TPSA) is 76.5 Å². The molecule has 2 aromatic heterocycles. The first kappa shape index (κ1) is 24.6. The van der Waals surface area contributed by atoms with Gasteiger partial charge >= 0.3 is 6.18 Å². The van der Waals surface area contributed by atoms with Gasteiger partial charge in [-0.3, -0.25) is 9.29 Å². The van der Waals surface area contributed by atoms with E-state index in [1.807, 2.05) is 7.05 Å². The number of hydrogen-bond acceptors (Lipinski definition) is 5. The van der Waals surface area contributed by atoms with Crippen LogP contribution in [-0.4, -0.2) is 49.1 Å². The van der Waals surface area contributed by atoms with Gasteiger partial charge in [0, 0.05) is 31.5 Å². The predicted octanol–water partition coefficient (Wildman–Crippen LogP) is 5.08. The van der Waals surface area contributed by atoms with Crippen molar-refractivity contribution in [2.24, 2.45) is 0 Å². The number of hydrogen-bond donors (Lipinski definition) is 1. The maximum absolute atomic E-state index is 13.1. The smallest absolute Gasteiger partial charge is 0.417 e. The Kier molecular flexibility index (Phi) is 6.74. The summed E-state index contributed by atoms with van der Waals surface area (Å²) < 4.78 is 74.5. The van der Waals surface area contributed by atoms with Crippen molar-refractivity contribution in [3.05, 3.63) is 64.4 Å². The largest absolute Gasteiger partial charge is 0.487 e. The van der Waals surface area contributed by atoms with Crippen molar-refractivity contribution in [2.75, 3.05) is 24.9 Å². The van der Waals surface area contributed by atoms with E-state index in [0.29, 0.717) is 23.0 Å². The van der Waals surface area contributed by atoms with Crippen molar-refractivity contribution in [1.29, 1.82) is 0 Å². The van der Waals surface area contributed by atoms with Crippen LogP contribution in [0, 0.1) is 0 Å². The minimum absolute atomic E-state index is 0.0699. The molecule has 0 aliphatic carbocycles. The molecule has 7 nitrogen and oxygen atoms in total. The first-order valence-corrected chi connectivity index (χ1v) is 12.3. The number of benzene rings is 1. The molecule has 1 fully saturated rings. The number of anilines is 1. The van der Waals surface area contributed by atoms with Gasteiger partial charge in [0.05, 0.1) is 21.3 Å². The molecule has 0 amide bonds. The second-order valence-corrected chi connectivity index (χ2v) is 10.2. The average Bonchev–Trinajstić information content (AvgIpc) is 3.39. The number of rotatable bonds is 6. The zero-order valence-electron chi connectivity index (χ0n) is 17.7. The molecule has 3 heterocycles. The Labute approximate surface area is 204 Å². The summed E-state index contributed by atoms with van der Waals surface area (Å²) in [6.45, 7) is 1.60. The lowest BCUT2D eigenvalue weighted by Gasteiger charge is -2.17. The zero-order valence-corrected chi connectivity index (χ0v) is 20.0. The van der Waals surface area contributed by atoms with E-state index in [4.69, 9.17) is 27.9 Å². The van der Waals surface area contributed by atoms with E-state index in [0.717, 1.165) is 24.1 Å². The van der Waals surface area contributed by atoms with Crippen LogP contribution in [0.2, 0.25) is 10.0 Å². The van der Waals surface area contributed by atoms with Crippen LogP contribution in [0.15, 0.2) is 53.8 Å². The Morgan fingerprint density at radius 2 is 1.94 bits per heavy atom. The molecule has 4 rings (SSSR count). The lowest BCUT2D eigenvalue weighted by Crippen LogP contribution is -2.21. The minimum Gasteiger partial charge on any atom is -0.487 e. The second kappa shape index (κ2) is 9.29. The molecular formula is C21H19Cl2F3N4O3S. The molecule has 1 N–H and O–H groups in total. The lowest BCUT2D eigenvalue weighted by molar-refractivity contribution is -0.137. The maximum atomic E-state index is 13.1. The van der Waals surface area contributed by atoms with Crippen LogP contribution < -0.4 is 9.46 Å². The second-order valence-electron chi connectivity index (χ2n) is 7.79. The normalized spacial score (nSPS) is 17.2. The summed E-state index contributed by atoms with van der Waals surface area (Å²) in [5, 5.41) is -0.288. The Morgan fingerprint density at radius 3 is 2.59 bits per heavy atom. The number of pyridine rings is 1. The van der Waals surface area contributed by atoms with Gasteiger partial charge in [-0.05, 0) is 43.8 Å². The fraction of sp³-hybridized carbons (Fsp3) is 0.286. The standard InChI is InChI=1S/C21H19Cl2F3N4O3S/c1-29-8-6-15(12-29)33-18-10-14(4-5-16(18)22)28-34(31,32)19-3-2-7-30(19)20-17(23)9-13(11-27-20)21(24,25)26/h2-5,7,9-11,15,28H,6,8,12H2,1H3/t15-/m1/s1. The van der Waals surface area contributed by atoms with Crippen LogP contribution in [0.25, 0.3) is 5.82 Å². The molecule has 182 valence electrons. The fourth-order valence-electron chi connectivity index (χ4n) is 3.56. The van der Waals surface area contributed by atoms with E-state index in [1.165, 1.54) is 36.5 Å². The number of aromatic nitrogens is 2. The van der Waals surface area contributed by atoms with Gasteiger partial charge in [-0.15, -0.1) is 0 Å². The molecule has 0 saturated carbocycles. The summed E-state index contributed by atoms with van der Waals surface area (Å²) in [7, 11) is -2.21. The van der Waals surface area contributed by atoms with Gasteiger partial charge in [0.1, 0.15) is 11.9 Å². The van der Waals surface area contributed by atoms with Crippen molar-refractivity contribution in [1.82, 2.24) is 14.5 Å². The first-order valence-electron chi connectivity index (χ1n) is 10.0. The molecule has 3 aromatic rings. The highest BCUT2D eigenvalue weighted by Gasteiger charge is 2.32. The molecular weight excluding hydrogens is 516 g/mol. The number of sulfonamides is 1. The highest BCUT2D eigenvalue weighted by molar-refractivity contribution is 7.92. The van der Waals surface area contributed by atoms with Crippen LogP contribution in [0.5, 0.6) is 5.75 Å². The van der Waals surface area contributed by atoms with Crippen molar-refractivity contribution in [2.45, 2.75) is 23.7 Å². The summed E-state index contributed by atoms with van der Waals surface area (Å²) in [6, 6.07) is 7.85. The zero-order chi connectivity index (χ0) is 24.7. The van der Waals surface area contributed by atoms with Crippen LogP contribution >= 0.6 is 23.2 Å². The molecule has 1 atom stereocenters. The summed E-state index contributed by atoms with van der Waals surface area (Å²) in [6.07, 6.45) is -1.96. The third-order valence-electron chi connectivity index (χ3n) is 5.19. The third kappa shape index (κ3) is 5.27. The van der Waals surface area contributed by atoms with Crippen LogP contribution in [0.1, 0.15) is 12.0 Å². The lowest BCUT2D eigenvalue weighted by atomic mass is 10.3. The highest BCUT2D eigenvalue weighted by Crippen LogP contribution is 2.34. The van der Waals surface area contributed by atoms with Gasteiger partial charge in [0.15, 0.2) is 10.8 Å². The molecule has 0 bridgehead atoms. The molecule has 13 heteroatoms. The van der Waals surface area contributed by atoms with Crippen LogP contribution in [-0.2, 0) is 16.2 Å². The summed E-state index contributed by atoms with van der Waals surface area (Å²) >= 11 is 12.2. The molecule has 1 aromatic carbocycles. The predicted molar refractivity (Wildman–Crippen MR) is 122 cm³/mol. The Bertz CT molecular complexity index is 1310. The molecule has 34 heavy (non-hydrogen) atoms. The Morgan fingerprint density at radius 1 is 1.18 bits per heavy atom. The van der Waals surface area contributed by atoms with E-state index in [2.05, 4.69) is 14.6 Å². The number of nitrogens with one attached hydrogen (secondary N) is 1. The van der Waals surface area contributed by atoms with Gasteiger partial charge < -0.3 is 9.64 Å². The number of halogens is 5. The van der Waals surface area contributed by atoms with E-state index >= 15 is 0 Å². The van der Waals surface area contributed by atoms with Crippen molar-refractivity contribution >= 4 is 38.9 Å². The van der Waals surface area contributed by atoms with Gasteiger partial charge in [0.25, 0.3) is 10.0 Å². The molecule has 1 saturated heterocycles. The quantitative estimate of drug-likeness (QED) is 0.477. The van der Waals surface area contributed by atoms with Gasteiger partial charge in [0.2, 0.25) is 0 Å². The minimum atomic E-state index is -4.63. The summed E-state index contributed by atoms with van der Waals surface area (Å²) in [4.78, 5) is 5.85. The highest BCUT2D eigenvalue weighted by atomic mass is 35.5.